The molecule has 0 radical (unpaired) electrons. The molecule has 0 aliphatic carbocycles. The van der Waals surface area contributed by atoms with Gasteiger partial charge in [-0.2, -0.15) is 0 Å². The fourth-order valence-electron chi connectivity index (χ4n) is 3.68. The molecular formula is C36H60NO8P. The van der Waals surface area contributed by atoms with Gasteiger partial charge in [-0.1, -0.05) is 106 Å². The maximum Gasteiger partial charge on any atom is 0.306 e. The van der Waals surface area contributed by atoms with E-state index in [-0.39, 0.29) is 26.1 Å². The van der Waals surface area contributed by atoms with Gasteiger partial charge in [0.2, 0.25) is 0 Å². The Morgan fingerprint density at radius 1 is 0.696 bits per heavy atom. The maximum absolute atomic E-state index is 12.5. The van der Waals surface area contributed by atoms with Gasteiger partial charge in [0.05, 0.1) is 27.7 Å². The summed E-state index contributed by atoms with van der Waals surface area (Å²) in [6.45, 7) is 3.86. The normalized spacial score (nSPS) is 14.8. The summed E-state index contributed by atoms with van der Waals surface area (Å²) in [5, 5.41) is 0. The Morgan fingerprint density at radius 3 is 1.87 bits per heavy atom. The van der Waals surface area contributed by atoms with Crippen LogP contribution in [0.5, 0.6) is 0 Å². The first-order valence-corrected chi connectivity index (χ1v) is 18.2. The predicted octanol–water partition coefficient (Wildman–Crippen LogP) is 7.71. The minimum atomic E-state index is -4.64. The van der Waals surface area contributed by atoms with Gasteiger partial charge in [-0.05, 0) is 44.9 Å². The zero-order valence-electron chi connectivity index (χ0n) is 29.0. The van der Waals surface area contributed by atoms with E-state index in [0.717, 1.165) is 19.3 Å². The third-order valence-electron chi connectivity index (χ3n) is 6.34. The number of carbonyl (C=O) groups is 2. The van der Waals surface area contributed by atoms with E-state index in [9.17, 15) is 19.0 Å². The van der Waals surface area contributed by atoms with Crippen molar-refractivity contribution in [3.63, 3.8) is 0 Å². The molecule has 0 amide bonds. The molecule has 0 aliphatic heterocycles. The van der Waals surface area contributed by atoms with Gasteiger partial charge < -0.3 is 27.9 Å². The highest BCUT2D eigenvalue weighted by atomic mass is 31.2. The number of nitrogens with zero attached hydrogens (tertiary/aromatic N) is 1. The molecule has 0 saturated carbocycles. The number of rotatable bonds is 28. The van der Waals surface area contributed by atoms with Crippen LogP contribution in [0.25, 0.3) is 0 Å². The van der Waals surface area contributed by atoms with Crippen LogP contribution in [0.3, 0.4) is 0 Å². The van der Waals surface area contributed by atoms with Crippen LogP contribution >= 0.6 is 7.82 Å². The molecule has 0 bridgehead atoms. The Kier molecular flexibility index (Phi) is 27.1. The highest BCUT2D eigenvalue weighted by Gasteiger charge is 2.21. The number of quaternary nitrogens is 1. The molecular weight excluding hydrogens is 605 g/mol. The van der Waals surface area contributed by atoms with Crippen LogP contribution in [-0.4, -0.2) is 70.0 Å². The van der Waals surface area contributed by atoms with Gasteiger partial charge in [-0.15, -0.1) is 0 Å². The minimum Gasteiger partial charge on any atom is -0.756 e. The Bertz CT molecular complexity index is 1020. The standard InChI is InChI=1S/C36H60NO8P/c1-6-8-10-12-14-16-17-18-19-21-23-25-27-29-36(39)45-34(33-44-46(40,41)43-31-30-37(3,4)5)32-42-35(38)28-26-24-22-20-15-13-11-9-7-2/h8,10,12,14,16-23,34H,6-7,9,11,13,15,24-33H2,1-5H3/b10-8+,14-12+,17-16+,19-18+,22-20+,23-21+. The molecule has 0 aromatic heterocycles. The number of allylic oxidation sites excluding steroid dienone is 12. The van der Waals surface area contributed by atoms with Crippen molar-refractivity contribution in [1.82, 2.24) is 0 Å². The number of unbranched alkanes of at least 4 members (excludes halogenated alkanes) is 6. The number of hydrogen-bond acceptors (Lipinski definition) is 8. The van der Waals surface area contributed by atoms with Crippen LogP contribution in [0.4, 0.5) is 0 Å². The molecule has 2 unspecified atom stereocenters. The van der Waals surface area contributed by atoms with Gasteiger partial charge in [-0.25, -0.2) is 0 Å². The Hall–Kier alpha value is -2.55. The third-order valence-corrected chi connectivity index (χ3v) is 7.30. The molecule has 9 nitrogen and oxygen atoms in total. The molecule has 46 heavy (non-hydrogen) atoms. The molecule has 0 fully saturated rings. The summed E-state index contributed by atoms with van der Waals surface area (Å²) in [7, 11) is 1.09. The molecule has 0 saturated heterocycles. The maximum atomic E-state index is 12.5. The van der Waals surface area contributed by atoms with Crippen molar-refractivity contribution < 1.29 is 42.1 Å². The van der Waals surface area contributed by atoms with Crippen LogP contribution in [0.2, 0.25) is 0 Å². The van der Waals surface area contributed by atoms with Gasteiger partial charge in [0, 0.05) is 12.8 Å². The third kappa shape index (κ3) is 31.4. The number of hydrogen-bond donors (Lipinski definition) is 0. The van der Waals surface area contributed by atoms with Crippen LogP contribution in [0.15, 0.2) is 72.9 Å². The van der Waals surface area contributed by atoms with Crippen LogP contribution in [0.1, 0.15) is 90.9 Å². The van der Waals surface area contributed by atoms with E-state index in [0.29, 0.717) is 30.3 Å². The summed E-state index contributed by atoms with van der Waals surface area (Å²) < 4.78 is 33.4. The second-order valence-corrected chi connectivity index (χ2v) is 13.3. The molecule has 262 valence electrons. The monoisotopic (exact) mass is 665 g/mol. The summed E-state index contributed by atoms with van der Waals surface area (Å²) in [5.74, 6) is -0.976. The second kappa shape index (κ2) is 28.7. The largest absolute Gasteiger partial charge is 0.756 e. The number of phosphoric ester groups is 1. The van der Waals surface area contributed by atoms with Crippen molar-refractivity contribution in [3.8, 4) is 0 Å². The van der Waals surface area contributed by atoms with Crippen LogP contribution < -0.4 is 4.89 Å². The highest BCUT2D eigenvalue weighted by molar-refractivity contribution is 7.45. The van der Waals surface area contributed by atoms with Crippen molar-refractivity contribution in [2.24, 2.45) is 0 Å². The lowest BCUT2D eigenvalue weighted by Gasteiger charge is -2.28. The smallest absolute Gasteiger partial charge is 0.306 e. The van der Waals surface area contributed by atoms with Gasteiger partial charge >= 0.3 is 11.9 Å². The average Bonchev–Trinajstić information content (AvgIpc) is 2.99. The van der Waals surface area contributed by atoms with Crippen molar-refractivity contribution >= 4 is 19.8 Å². The van der Waals surface area contributed by atoms with Gasteiger partial charge in [-0.3, -0.25) is 14.2 Å². The van der Waals surface area contributed by atoms with Crippen molar-refractivity contribution in [2.75, 3.05) is 47.5 Å². The summed E-state index contributed by atoms with van der Waals surface area (Å²) in [6, 6.07) is 0. The molecule has 0 aromatic rings. The lowest BCUT2D eigenvalue weighted by atomic mass is 10.1. The molecule has 0 aliphatic rings. The summed E-state index contributed by atoms with van der Waals surface area (Å²) in [4.78, 5) is 37.0. The number of phosphoric acid groups is 1. The zero-order chi connectivity index (χ0) is 34.4. The van der Waals surface area contributed by atoms with Crippen molar-refractivity contribution in [1.29, 1.82) is 0 Å². The van der Waals surface area contributed by atoms with E-state index in [1.807, 2.05) is 75.8 Å². The molecule has 0 N–H and O–H groups in total. The fourth-order valence-corrected chi connectivity index (χ4v) is 4.41. The van der Waals surface area contributed by atoms with E-state index in [4.69, 9.17) is 18.5 Å². The molecule has 0 aromatic carbocycles. The summed E-state index contributed by atoms with van der Waals surface area (Å²) in [5.41, 5.74) is 0. The Labute approximate surface area is 278 Å². The quantitative estimate of drug-likeness (QED) is 0.0209. The highest BCUT2D eigenvalue weighted by Crippen LogP contribution is 2.38. The van der Waals surface area contributed by atoms with E-state index in [2.05, 4.69) is 32.1 Å². The van der Waals surface area contributed by atoms with Crippen LogP contribution in [0, 0.1) is 0 Å². The summed E-state index contributed by atoms with van der Waals surface area (Å²) in [6.07, 6.45) is 32.5. The van der Waals surface area contributed by atoms with Gasteiger partial charge in [0.25, 0.3) is 7.82 Å². The lowest BCUT2D eigenvalue weighted by molar-refractivity contribution is -0.870. The lowest BCUT2D eigenvalue weighted by Crippen LogP contribution is -2.37. The number of likely N-dealkylation sites (N-methyl/N-ethyl adjacent to an activating group) is 1. The summed E-state index contributed by atoms with van der Waals surface area (Å²) >= 11 is 0. The number of esters is 2. The van der Waals surface area contributed by atoms with Crippen molar-refractivity contribution in [3.05, 3.63) is 72.9 Å². The Morgan fingerprint density at radius 2 is 1.26 bits per heavy atom. The topological polar surface area (TPSA) is 111 Å². The first-order chi connectivity index (χ1) is 22.0. The molecule has 0 rings (SSSR count). The van der Waals surface area contributed by atoms with Gasteiger partial charge in [0.1, 0.15) is 19.8 Å². The van der Waals surface area contributed by atoms with Gasteiger partial charge in [0.15, 0.2) is 6.10 Å². The number of ether oxygens (including phenoxy) is 2. The number of carbonyl (C=O) groups excluding carboxylic acids is 2. The molecule has 2 atom stereocenters. The Balaban J connectivity index is 4.72. The molecule has 0 spiro atoms. The minimum absolute atomic E-state index is 0.0520. The first-order valence-electron chi connectivity index (χ1n) is 16.7. The van der Waals surface area contributed by atoms with E-state index in [1.165, 1.54) is 25.7 Å². The van der Waals surface area contributed by atoms with E-state index in [1.54, 1.807) is 0 Å². The predicted molar refractivity (Wildman–Crippen MR) is 185 cm³/mol. The zero-order valence-corrected chi connectivity index (χ0v) is 29.9. The second-order valence-electron chi connectivity index (χ2n) is 11.9. The molecule has 10 heteroatoms. The first kappa shape index (κ1) is 43.5. The van der Waals surface area contributed by atoms with E-state index >= 15 is 0 Å². The molecule has 0 heterocycles. The van der Waals surface area contributed by atoms with Crippen molar-refractivity contribution in [2.45, 2.75) is 97.0 Å². The SMILES string of the molecule is CC/C=C/C=C/C=C/C=C/C=C/CCCC(=O)OC(COC(=O)CCC/C=C/CCCCCC)COP(=O)([O-])OCC[N+](C)(C)C. The van der Waals surface area contributed by atoms with Crippen LogP contribution in [-0.2, 0) is 32.7 Å². The van der Waals surface area contributed by atoms with E-state index < -0.39 is 32.5 Å². The fraction of sp³-hybridized carbons (Fsp3) is 0.611. The average molecular weight is 666 g/mol.